The second kappa shape index (κ2) is 15.4. The summed E-state index contributed by atoms with van der Waals surface area (Å²) in [6.45, 7) is 12.1. The minimum Gasteiger partial charge on any atom is -0.462 e. The highest BCUT2D eigenvalue weighted by Crippen LogP contribution is 2.37. The number of piperazine rings is 1. The van der Waals surface area contributed by atoms with Gasteiger partial charge in [0.25, 0.3) is 5.22 Å². The van der Waals surface area contributed by atoms with Crippen LogP contribution in [0.1, 0.15) is 50.7 Å². The molecule has 2 fully saturated rings. The van der Waals surface area contributed by atoms with Gasteiger partial charge in [-0.25, -0.2) is 4.98 Å². The van der Waals surface area contributed by atoms with Crippen LogP contribution >= 0.6 is 11.8 Å². The molecule has 0 aliphatic carbocycles. The van der Waals surface area contributed by atoms with Gasteiger partial charge in [-0.3, -0.25) is 14.6 Å². The number of nitrogens with zero attached hydrogens (tertiary/aromatic N) is 3. The zero-order valence-corrected chi connectivity index (χ0v) is 27.7. The highest BCUT2D eigenvalue weighted by molar-refractivity contribution is 7.99. The van der Waals surface area contributed by atoms with E-state index in [9.17, 15) is 25.2 Å². The van der Waals surface area contributed by atoms with Crippen LogP contribution in [-0.2, 0) is 9.53 Å². The third-order valence-electron chi connectivity index (χ3n) is 8.52. The molecular weight excluding hydrogens is 612 g/mol. The number of amides is 1. The SMILES string of the molecule is CC(C)c1cc(O[C@@H]2O[C@H](CO)[C@@H](O)[C@H](O)[C@H]2O)cc(C(C)C)c1NC(=O)CN1CCN(CCSc2nc3ccccc3o2)CC1. The zero-order chi connectivity index (χ0) is 33.0. The number of aliphatic hydroxyl groups excluding tert-OH is 4. The summed E-state index contributed by atoms with van der Waals surface area (Å²) in [5, 5.41) is 44.2. The summed E-state index contributed by atoms with van der Waals surface area (Å²) in [6, 6.07) is 11.4. The molecule has 3 aromatic rings. The van der Waals surface area contributed by atoms with E-state index in [-0.39, 0.29) is 24.3 Å². The fraction of sp³-hybridized carbons (Fsp3) is 0.576. The van der Waals surface area contributed by atoms with Crippen LogP contribution in [0, 0.1) is 0 Å². The fourth-order valence-electron chi connectivity index (χ4n) is 5.81. The molecule has 0 spiro atoms. The summed E-state index contributed by atoms with van der Waals surface area (Å²) in [6.07, 6.45) is -6.89. The molecule has 0 unspecified atom stereocenters. The summed E-state index contributed by atoms with van der Waals surface area (Å²) in [5.74, 6) is 1.23. The molecule has 46 heavy (non-hydrogen) atoms. The van der Waals surface area contributed by atoms with Gasteiger partial charge in [0, 0.05) is 44.2 Å². The van der Waals surface area contributed by atoms with Crippen molar-refractivity contribution in [2.45, 2.75) is 75.5 Å². The fourth-order valence-corrected chi connectivity index (χ4v) is 6.64. The maximum atomic E-state index is 13.3. The minimum absolute atomic E-state index is 0.0299. The predicted molar refractivity (Wildman–Crippen MR) is 175 cm³/mol. The van der Waals surface area contributed by atoms with Gasteiger partial charge in [-0.1, -0.05) is 51.6 Å². The first-order chi connectivity index (χ1) is 22.0. The van der Waals surface area contributed by atoms with E-state index in [4.69, 9.17) is 13.9 Å². The zero-order valence-electron chi connectivity index (χ0n) is 26.8. The van der Waals surface area contributed by atoms with Gasteiger partial charge in [0.1, 0.15) is 35.7 Å². The number of hydrogen-bond donors (Lipinski definition) is 5. The van der Waals surface area contributed by atoms with E-state index in [1.165, 1.54) is 0 Å². The van der Waals surface area contributed by atoms with Gasteiger partial charge in [0.15, 0.2) is 5.58 Å². The Bertz CT molecular complexity index is 1400. The van der Waals surface area contributed by atoms with Crippen molar-refractivity contribution in [3.8, 4) is 5.75 Å². The number of para-hydroxylation sites is 2. The lowest BCUT2D eigenvalue weighted by Gasteiger charge is -2.39. The Hall–Kier alpha value is -2.75. The molecule has 2 aliphatic rings. The van der Waals surface area contributed by atoms with E-state index < -0.39 is 37.3 Å². The van der Waals surface area contributed by atoms with Gasteiger partial charge < -0.3 is 39.6 Å². The Morgan fingerprint density at radius 2 is 1.65 bits per heavy atom. The number of rotatable bonds is 12. The molecule has 5 atom stereocenters. The first kappa shape index (κ1) is 34.6. The third kappa shape index (κ3) is 8.20. The van der Waals surface area contributed by atoms with Crippen LogP contribution in [0.15, 0.2) is 46.0 Å². The Morgan fingerprint density at radius 1 is 1.00 bits per heavy atom. The maximum absolute atomic E-state index is 13.3. The Labute approximate surface area is 273 Å². The molecule has 1 aromatic heterocycles. The monoisotopic (exact) mass is 658 g/mol. The van der Waals surface area contributed by atoms with Gasteiger partial charge in [-0.15, -0.1) is 0 Å². The van der Waals surface area contributed by atoms with E-state index in [1.54, 1.807) is 23.9 Å². The van der Waals surface area contributed by atoms with Crippen molar-refractivity contribution in [1.82, 2.24) is 14.8 Å². The molecule has 2 saturated heterocycles. The van der Waals surface area contributed by atoms with Crippen molar-refractivity contribution < 1.29 is 39.1 Å². The molecular formula is C33H46N4O8S. The average Bonchev–Trinajstić information content (AvgIpc) is 3.45. The summed E-state index contributed by atoms with van der Waals surface area (Å²) in [7, 11) is 0. The van der Waals surface area contributed by atoms with Crippen LogP contribution in [0.4, 0.5) is 5.69 Å². The summed E-state index contributed by atoms with van der Waals surface area (Å²) >= 11 is 1.61. The lowest BCUT2D eigenvalue weighted by molar-refractivity contribution is -0.277. The molecule has 12 nitrogen and oxygen atoms in total. The highest BCUT2D eigenvalue weighted by atomic mass is 32.2. The molecule has 3 heterocycles. The summed E-state index contributed by atoms with van der Waals surface area (Å²) in [5.41, 5.74) is 4.14. The number of oxazole rings is 1. The first-order valence-corrected chi connectivity index (χ1v) is 16.9. The second-order valence-electron chi connectivity index (χ2n) is 12.6. The van der Waals surface area contributed by atoms with Crippen molar-refractivity contribution in [2.24, 2.45) is 0 Å². The predicted octanol–water partition coefficient (Wildman–Crippen LogP) is 2.60. The number of thioether (sulfide) groups is 1. The van der Waals surface area contributed by atoms with E-state index in [0.29, 0.717) is 11.0 Å². The van der Waals surface area contributed by atoms with Gasteiger partial charge >= 0.3 is 0 Å². The molecule has 252 valence electrons. The second-order valence-corrected chi connectivity index (χ2v) is 13.6. The van der Waals surface area contributed by atoms with E-state index in [0.717, 1.165) is 66.4 Å². The molecule has 5 rings (SSSR count). The number of hydrogen-bond acceptors (Lipinski definition) is 12. The Morgan fingerprint density at radius 3 is 2.28 bits per heavy atom. The molecule has 2 aliphatic heterocycles. The van der Waals surface area contributed by atoms with E-state index >= 15 is 0 Å². The highest BCUT2D eigenvalue weighted by Gasteiger charge is 2.44. The largest absolute Gasteiger partial charge is 0.462 e. The first-order valence-electron chi connectivity index (χ1n) is 15.9. The van der Waals surface area contributed by atoms with Gasteiger partial charge in [-0.05, 0) is 47.2 Å². The van der Waals surface area contributed by atoms with Crippen molar-refractivity contribution >= 4 is 34.5 Å². The summed E-state index contributed by atoms with van der Waals surface area (Å²) in [4.78, 5) is 22.4. The number of anilines is 1. The number of benzene rings is 2. The number of aliphatic hydroxyl groups is 4. The van der Waals surface area contributed by atoms with Crippen molar-refractivity contribution in [1.29, 1.82) is 0 Å². The van der Waals surface area contributed by atoms with Crippen molar-refractivity contribution in [3.05, 3.63) is 47.5 Å². The number of carbonyl (C=O) groups is 1. The Balaban J connectivity index is 1.16. The molecule has 0 saturated carbocycles. The number of aromatic nitrogens is 1. The summed E-state index contributed by atoms with van der Waals surface area (Å²) < 4.78 is 17.3. The van der Waals surface area contributed by atoms with Crippen molar-refractivity contribution in [3.63, 3.8) is 0 Å². The number of carbonyl (C=O) groups excluding carboxylic acids is 1. The van der Waals surface area contributed by atoms with Gasteiger partial charge in [0.05, 0.1) is 13.2 Å². The van der Waals surface area contributed by atoms with Crippen LogP contribution < -0.4 is 10.1 Å². The minimum atomic E-state index is -1.54. The lowest BCUT2D eigenvalue weighted by atomic mass is 9.92. The van der Waals surface area contributed by atoms with Crippen LogP contribution in [0.2, 0.25) is 0 Å². The average molecular weight is 659 g/mol. The van der Waals surface area contributed by atoms with Crippen LogP contribution in [0.25, 0.3) is 11.1 Å². The van der Waals surface area contributed by atoms with Gasteiger partial charge in [0.2, 0.25) is 12.2 Å². The normalized spacial score (nSPS) is 24.6. The lowest BCUT2D eigenvalue weighted by Crippen LogP contribution is -2.60. The topological polar surface area (TPSA) is 161 Å². The molecule has 5 N–H and O–H groups in total. The third-order valence-corrected chi connectivity index (χ3v) is 9.33. The number of nitrogens with one attached hydrogen (secondary N) is 1. The van der Waals surface area contributed by atoms with Gasteiger partial charge in [-0.2, -0.15) is 0 Å². The molecule has 0 radical (unpaired) electrons. The smallest absolute Gasteiger partial charge is 0.256 e. The van der Waals surface area contributed by atoms with Crippen LogP contribution in [0.3, 0.4) is 0 Å². The van der Waals surface area contributed by atoms with E-state index in [2.05, 4.69) is 20.1 Å². The maximum Gasteiger partial charge on any atom is 0.256 e. The Kier molecular flexibility index (Phi) is 11.6. The number of fused-ring (bicyclic) bond motifs is 1. The van der Waals surface area contributed by atoms with Crippen LogP contribution in [-0.4, -0.2) is 123 Å². The molecule has 0 bridgehead atoms. The quantitative estimate of drug-likeness (QED) is 0.181. The molecule has 1 amide bonds. The molecule has 2 aromatic carbocycles. The number of ether oxygens (including phenoxy) is 2. The van der Waals surface area contributed by atoms with E-state index in [1.807, 2.05) is 52.0 Å². The van der Waals surface area contributed by atoms with Crippen LogP contribution in [0.5, 0.6) is 5.75 Å². The standard InChI is InChI=1S/C33H46N4O8S/c1-19(2)22-15-21(43-32-31(42)30(41)29(40)26(18-38)44-32)16-23(20(3)4)28(22)35-27(39)17-37-11-9-36(10-12-37)13-14-46-33-34-24-7-5-6-8-25(24)45-33/h5-8,15-16,19-20,26,29-32,38,40-42H,9-14,17-18H2,1-4H3,(H,35,39)/t26-,29-,30+,31-,32-/m1/s1. The van der Waals surface area contributed by atoms with Crippen molar-refractivity contribution in [2.75, 3.05) is 56.9 Å². The molecule has 13 heteroatoms.